The number of aromatic nitrogens is 3. The number of nitrogens with zero attached hydrogens (tertiary/aromatic N) is 4. The Hall–Kier alpha value is -4.67. The monoisotopic (exact) mass is 532 g/mol. The van der Waals surface area contributed by atoms with Crippen LogP contribution in [0.5, 0.6) is 5.75 Å². The molecule has 2 heterocycles. The molecule has 0 saturated carbocycles. The lowest BCUT2D eigenvalue weighted by Crippen LogP contribution is -2.28. The Bertz CT molecular complexity index is 1740. The van der Waals surface area contributed by atoms with E-state index in [1.807, 2.05) is 71.2 Å². The van der Waals surface area contributed by atoms with Gasteiger partial charge in [0.05, 0.1) is 34.8 Å². The molecule has 0 radical (unpaired) electrons. The van der Waals surface area contributed by atoms with Crippen LogP contribution in [0.25, 0.3) is 22.5 Å². The van der Waals surface area contributed by atoms with E-state index in [0.29, 0.717) is 34.6 Å². The molecule has 0 amide bonds. The first-order chi connectivity index (χ1) is 19.3. The maximum Gasteiger partial charge on any atom is 0.262 e. The van der Waals surface area contributed by atoms with Crippen molar-refractivity contribution in [3.63, 3.8) is 0 Å². The fourth-order valence-electron chi connectivity index (χ4n) is 4.87. The minimum Gasteiger partial charge on any atom is -0.491 e. The van der Waals surface area contributed by atoms with E-state index in [9.17, 15) is 15.2 Å². The van der Waals surface area contributed by atoms with Crippen LogP contribution in [0, 0.1) is 11.3 Å². The normalized spacial score (nSPS) is 11.5. The summed E-state index contributed by atoms with van der Waals surface area (Å²) in [6, 6.07) is 27.0. The van der Waals surface area contributed by atoms with Gasteiger partial charge in [-0.3, -0.25) is 9.36 Å². The second kappa shape index (κ2) is 11.2. The van der Waals surface area contributed by atoms with Crippen molar-refractivity contribution >= 4 is 5.65 Å². The van der Waals surface area contributed by atoms with Gasteiger partial charge in [-0.1, -0.05) is 55.8 Å². The van der Waals surface area contributed by atoms with Gasteiger partial charge in [0.25, 0.3) is 5.56 Å². The first-order valence-electron chi connectivity index (χ1n) is 13.4. The Morgan fingerprint density at radius 1 is 1.00 bits per heavy atom. The van der Waals surface area contributed by atoms with E-state index in [4.69, 9.17) is 4.74 Å². The Morgan fingerprint density at radius 3 is 2.40 bits per heavy atom. The molecule has 0 saturated heterocycles. The number of benzene rings is 3. The lowest BCUT2D eigenvalue weighted by atomic mass is 9.97. The molecule has 0 spiro atoms. The summed E-state index contributed by atoms with van der Waals surface area (Å²) in [6.07, 6.45) is 3.77. The predicted octanol–water partition coefficient (Wildman–Crippen LogP) is 5.72. The van der Waals surface area contributed by atoms with E-state index in [1.54, 1.807) is 36.7 Å². The third-order valence-corrected chi connectivity index (χ3v) is 6.78. The Morgan fingerprint density at radius 2 is 1.73 bits per heavy atom. The van der Waals surface area contributed by atoms with Gasteiger partial charge in [-0.05, 0) is 67.3 Å². The van der Waals surface area contributed by atoms with Crippen molar-refractivity contribution < 1.29 is 9.84 Å². The highest BCUT2D eigenvalue weighted by Gasteiger charge is 2.19. The zero-order valence-electron chi connectivity index (χ0n) is 23.0. The fourth-order valence-corrected chi connectivity index (χ4v) is 4.87. The van der Waals surface area contributed by atoms with E-state index >= 15 is 0 Å². The molecule has 7 nitrogen and oxygen atoms in total. The summed E-state index contributed by atoms with van der Waals surface area (Å²) in [5, 5.41) is 24.0. The molecule has 5 aromatic rings. The minimum absolute atomic E-state index is 0.0829. The fraction of sp³-hybridized carbons (Fsp3) is 0.242. The number of ether oxygens (including phenoxy) is 1. The van der Waals surface area contributed by atoms with Gasteiger partial charge in [0, 0.05) is 18.1 Å². The molecule has 0 aliphatic heterocycles. The Labute approximate surface area is 233 Å². The van der Waals surface area contributed by atoms with Crippen molar-refractivity contribution in [1.29, 1.82) is 5.26 Å². The summed E-state index contributed by atoms with van der Waals surface area (Å²) in [4.78, 5) is 14.1. The van der Waals surface area contributed by atoms with Gasteiger partial charge < -0.3 is 9.84 Å². The number of aryl methyl sites for hydroxylation is 1. The Balaban J connectivity index is 1.54. The molecule has 0 aliphatic rings. The molecule has 5 rings (SSSR count). The number of rotatable bonds is 9. The zero-order valence-corrected chi connectivity index (χ0v) is 23.0. The van der Waals surface area contributed by atoms with Crippen molar-refractivity contribution in [3.05, 3.63) is 118 Å². The predicted molar refractivity (Wildman–Crippen MR) is 156 cm³/mol. The highest BCUT2D eigenvalue weighted by atomic mass is 16.5. The molecule has 0 fully saturated rings. The minimum atomic E-state index is -0.944. The third kappa shape index (κ3) is 5.54. The largest absolute Gasteiger partial charge is 0.491 e. The molecule has 0 bridgehead atoms. The van der Waals surface area contributed by atoms with Crippen LogP contribution in [-0.4, -0.2) is 31.5 Å². The molecule has 2 aromatic heterocycles. The van der Waals surface area contributed by atoms with E-state index < -0.39 is 5.60 Å². The van der Waals surface area contributed by atoms with Crippen LogP contribution in [0.3, 0.4) is 0 Å². The first kappa shape index (κ1) is 26.9. The number of nitriles is 1. The van der Waals surface area contributed by atoms with Crippen LogP contribution in [0.15, 0.2) is 89.9 Å². The number of aliphatic hydroxyl groups is 1. The van der Waals surface area contributed by atoms with Crippen LogP contribution < -0.4 is 10.3 Å². The molecule has 1 N–H and O–H groups in total. The van der Waals surface area contributed by atoms with Crippen LogP contribution in [0.2, 0.25) is 0 Å². The van der Waals surface area contributed by atoms with Gasteiger partial charge in [-0.15, -0.1) is 0 Å². The summed E-state index contributed by atoms with van der Waals surface area (Å²) >= 11 is 0. The van der Waals surface area contributed by atoms with Crippen molar-refractivity contribution in [2.75, 3.05) is 6.61 Å². The summed E-state index contributed by atoms with van der Waals surface area (Å²) in [5.74, 6) is 0.615. The SMILES string of the molecule is CCCc1c(Cc2ccc(-c3ccccc3C#N)cc2)c(=O)n(-c2ccc(OCC(C)(C)O)cc2)c2ccnn12. The van der Waals surface area contributed by atoms with Crippen molar-refractivity contribution in [1.82, 2.24) is 14.2 Å². The smallest absolute Gasteiger partial charge is 0.262 e. The number of fused-ring (bicyclic) bond motifs is 1. The van der Waals surface area contributed by atoms with Gasteiger partial charge in [-0.2, -0.15) is 10.4 Å². The topological polar surface area (TPSA) is 92.5 Å². The summed E-state index contributed by atoms with van der Waals surface area (Å²) in [6.45, 7) is 5.64. The molecule has 202 valence electrons. The standard InChI is InChI=1S/C33H32N4O3/c1-4-7-30-29(20-23-10-12-24(13-11-23)28-9-6-5-8-25(28)21-34)32(38)36(31-18-19-35-37(30)31)26-14-16-27(17-15-26)40-22-33(2,3)39/h5-6,8-19,39H,4,7,20,22H2,1-3H3. The van der Waals surface area contributed by atoms with Crippen molar-refractivity contribution in [3.8, 4) is 28.6 Å². The van der Waals surface area contributed by atoms with Crippen LogP contribution in [-0.2, 0) is 12.8 Å². The zero-order chi connectivity index (χ0) is 28.3. The van der Waals surface area contributed by atoms with Crippen molar-refractivity contribution in [2.24, 2.45) is 0 Å². The van der Waals surface area contributed by atoms with Crippen LogP contribution in [0.4, 0.5) is 0 Å². The van der Waals surface area contributed by atoms with E-state index in [1.165, 1.54) is 0 Å². The lowest BCUT2D eigenvalue weighted by molar-refractivity contribution is 0.0285. The summed E-state index contributed by atoms with van der Waals surface area (Å²) in [5.41, 5.74) is 5.47. The quantitative estimate of drug-likeness (QED) is 0.262. The number of hydrogen-bond donors (Lipinski definition) is 1. The van der Waals surface area contributed by atoms with Crippen molar-refractivity contribution in [2.45, 2.75) is 45.6 Å². The molecule has 0 aliphatic carbocycles. The molecule has 0 unspecified atom stereocenters. The second-order valence-electron chi connectivity index (χ2n) is 10.5. The van der Waals surface area contributed by atoms with E-state index in [-0.39, 0.29) is 12.2 Å². The second-order valence-corrected chi connectivity index (χ2v) is 10.5. The van der Waals surface area contributed by atoms with Gasteiger partial charge in [0.15, 0.2) is 0 Å². The van der Waals surface area contributed by atoms with E-state index in [2.05, 4.69) is 18.1 Å². The molecular formula is C33H32N4O3. The number of hydrogen-bond acceptors (Lipinski definition) is 5. The summed E-state index contributed by atoms with van der Waals surface area (Å²) < 4.78 is 9.27. The van der Waals surface area contributed by atoms with Crippen LogP contribution >= 0.6 is 0 Å². The molecule has 7 heteroatoms. The lowest BCUT2D eigenvalue weighted by Gasteiger charge is -2.19. The van der Waals surface area contributed by atoms with E-state index in [0.717, 1.165) is 35.2 Å². The molecule has 0 atom stereocenters. The highest BCUT2D eigenvalue weighted by molar-refractivity contribution is 5.70. The first-order valence-corrected chi connectivity index (χ1v) is 13.4. The van der Waals surface area contributed by atoms with Gasteiger partial charge in [-0.25, -0.2) is 4.52 Å². The average molecular weight is 533 g/mol. The molecule has 3 aromatic carbocycles. The van der Waals surface area contributed by atoms with Gasteiger partial charge in [0.2, 0.25) is 0 Å². The average Bonchev–Trinajstić information content (AvgIpc) is 3.44. The summed E-state index contributed by atoms with van der Waals surface area (Å²) in [7, 11) is 0. The maximum atomic E-state index is 14.1. The van der Waals surface area contributed by atoms with Crippen LogP contribution in [0.1, 0.15) is 49.6 Å². The maximum absolute atomic E-state index is 14.1. The molecule has 40 heavy (non-hydrogen) atoms. The molecular weight excluding hydrogens is 500 g/mol. The Kier molecular flexibility index (Phi) is 7.54. The third-order valence-electron chi connectivity index (χ3n) is 6.78. The van der Waals surface area contributed by atoms with Gasteiger partial charge >= 0.3 is 0 Å². The van der Waals surface area contributed by atoms with Gasteiger partial charge in [0.1, 0.15) is 18.0 Å². The highest BCUT2D eigenvalue weighted by Crippen LogP contribution is 2.25.